The van der Waals surface area contributed by atoms with E-state index in [1.165, 1.54) is 5.57 Å². The molecule has 166 valence electrons. The minimum absolute atomic E-state index is 0.109. The van der Waals surface area contributed by atoms with Crippen LogP contribution in [0.2, 0.25) is 0 Å². The van der Waals surface area contributed by atoms with Gasteiger partial charge in [-0.15, -0.1) is 5.10 Å². The predicted octanol–water partition coefficient (Wildman–Crippen LogP) is 4.75. The number of carbonyl (C=O) groups is 2. The van der Waals surface area contributed by atoms with Crippen molar-refractivity contribution in [2.75, 3.05) is 18.4 Å². The molecule has 1 aliphatic carbocycles. The highest BCUT2D eigenvalue weighted by atomic mass is 16.6. The zero-order valence-corrected chi connectivity index (χ0v) is 18.9. The number of ether oxygens (including phenoxy) is 1. The number of carbonyl (C=O) groups excluding carboxylic acids is 2. The molecular weight excluding hydrogens is 392 g/mol. The summed E-state index contributed by atoms with van der Waals surface area (Å²) >= 11 is 0. The third-order valence-corrected chi connectivity index (χ3v) is 5.34. The van der Waals surface area contributed by atoms with Crippen LogP contribution in [0.25, 0.3) is 0 Å². The van der Waals surface area contributed by atoms with E-state index in [0.29, 0.717) is 25.3 Å². The molecule has 0 spiro atoms. The number of hydrogen-bond acceptors (Lipinski definition) is 5. The summed E-state index contributed by atoms with van der Waals surface area (Å²) in [6, 6.07) is 3.64. The zero-order chi connectivity index (χ0) is 22.4. The number of nitrogens with zero attached hydrogens (tertiary/aromatic N) is 3. The molecule has 2 heterocycles. The second-order valence-electron chi connectivity index (χ2n) is 9.11. The topological polar surface area (TPSA) is 84.4 Å². The number of hydrogen-bond donors (Lipinski definition) is 1. The number of nitrogens with one attached hydrogen (secondary N) is 1. The van der Waals surface area contributed by atoms with Crippen molar-refractivity contribution in [2.45, 2.75) is 64.9 Å². The Labute approximate surface area is 184 Å². The quantitative estimate of drug-likeness (QED) is 0.754. The predicted molar refractivity (Wildman–Crippen MR) is 121 cm³/mol. The summed E-state index contributed by atoms with van der Waals surface area (Å²) in [5.74, 6) is 0.442. The molecule has 1 aromatic rings. The fraction of sp³-hybridized carbons (Fsp3) is 0.500. The van der Waals surface area contributed by atoms with Crippen molar-refractivity contribution >= 4 is 17.8 Å². The Balaban J connectivity index is 1.54. The molecule has 7 heteroatoms. The first-order valence-corrected chi connectivity index (χ1v) is 10.8. The average molecular weight is 425 g/mol. The SMILES string of the molecule is CC1=C(CC(=O)Nc2ccc(C3CCN(C(=O)OC(C)(C)C)C3)nn2)C=CC=CCC1. The first kappa shape index (κ1) is 22.7. The van der Waals surface area contributed by atoms with Gasteiger partial charge in [-0.2, -0.15) is 5.10 Å². The summed E-state index contributed by atoms with van der Waals surface area (Å²) in [6.45, 7) is 8.85. The van der Waals surface area contributed by atoms with E-state index in [4.69, 9.17) is 4.74 Å². The lowest BCUT2D eigenvalue weighted by Crippen LogP contribution is -2.35. The second kappa shape index (κ2) is 9.90. The van der Waals surface area contributed by atoms with Gasteiger partial charge < -0.3 is 15.0 Å². The van der Waals surface area contributed by atoms with Crippen molar-refractivity contribution in [3.05, 3.63) is 53.3 Å². The van der Waals surface area contributed by atoms with Gasteiger partial charge >= 0.3 is 6.09 Å². The summed E-state index contributed by atoms with van der Waals surface area (Å²) in [7, 11) is 0. The van der Waals surface area contributed by atoms with Gasteiger partial charge in [0.25, 0.3) is 0 Å². The van der Waals surface area contributed by atoms with E-state index in [0.717, 1.165) is 30.5 Å². The summed E-state index contributed by atoms with van der Waals surface area (Å²) in [5.41, 5.74) is 2.58. The zero-order valence-electron chi connectivity index (χ0n) is 18.9. The maximum atomic E-state index is 12.5. The van der Waals surface area contributed by atoms with Crippen molar-refractivity contribution in [1.82, 2.24) is 15.1 Å². The molecule has 0 saturated carbocycles. The highest BCUT2D eigenvalue weighted by molar-refractivity contribution is 5.91. The molecule has 1 aromatic heterocycles. The van der Waals surface area contributed by atoms with Crippen LogP contribution in [0, 0.1) is 0 Å². The van der Waals surface area contributed by atoms with Crippen LogP contribution in [-0.4, -0.2) is 45.8 Å². The third kappa shape index (κ3) is 6.77. The van der Waals surface area contributed by atoms with E-state index in [-0.39, 0.29) is 17.9 Å². The van der Waals surface area contributed by atoms with Crippen molar-refractivity contribution in [3.8, 4) is 0 Å². The minimum atomic E-state index is -0.508. The normalized spacial score (nSPS) is 19.2. The molecule has 7 nitrogen and oxygen atoms in total. The van der Waals surface area contributed by atoms with Crippen LogP contribution < -0.4 is 5.32 Å². The van der Waals surface area contributed by atoms with Crippen molar-refractivity contribution in [2.24, 2.45) is 0 Å². The van der Waals surface area contributed by atoms with Gasteiger partial charge in [0, 0.05) is 19.0 Å². The minimum Gasteiger partial charge on any atom is -0.444 e. The Morgan fingerprint density at radius 2 is 2.03 bits per heavy atom. The highest BCUT2D eigenvalue weighted by Crippen LogP contribution is 2.27. The molecule has 1 saturated heterocycles. The molecule has 3 rings (SSSR count). The summed E-state index contributed by atoms with van der Waals surface area (Å²) in [5, 5.41) is 11.3. The van der Waals surface area contributed by atoms with Gasteiger partial charge in [0.15, 0.2) is 5.82 Å². The molecule has 1 atom stereocenters. The Morgan fingerprint density at radius 1 is 1.23 bits per heavy atom. The van der Waals surface area contributed by atoms with Gasteiger partial charge in [0.05, 0.1) is 12.1 Å². The number of rotatable bonds is 4. The number of anilines is 1. The van der Waals surface area contributed by atoms with E-state index in [9.17, 15) is 9.59 Å². The van der Waals surface area contributed by atoms with Gasteiger partial charge in [-0.1, -0.05) is 29.9 Å². The van der Waals surface area contributed by atoms with Crippen LogP contribution in [0.1, 0.15) is 65.0 Å². The molecule has 1 aliphatic heterocycles. The van der Waals surface area contributed by atoms with Gasteiger partial charge in [-0.25, -0.2) is 4.79 Å². The van der Waals surface area contributed by atoms with Crippen molar-refractivity contribution < 1.29 is 14.3 Å². The molecule has 1 unspecified atom stereocenters. The van der Waals surface area contributed by atoms with Crippen molar-refractivity contribution in [1.29, 1.82) is 0 Å². The Hall–Kier alpha value is -2.96. The fourth-order valence-electron chi connectivity index (χ4n) is 3.64. The van der Waals surface area contributed by atoms with E-state index >= 15 is 0 Å². The molecular formula is C24H32N4O3. The molecule has 0 radical (unpaired) electrons. The largest absolute Gasteiger partial charge is 0.444 e. The van der Waals surface area contributed by atoms with E-state index < -0.39 is 5.60 Å². The first-order chi connectivity index (χ1) is 14.7. The molecule has 1 N–H and O–H groups in total. The first-order valence-electron chi connectivity index (χ1n) is 10.8. The fourth-order valence-corrected chi connectivity index (χ4v) is 3.64. The monoisotopic (exact) mass is 424 g/mol. The third-order valence-electron chi connectivity index (χ3n) is 5.34. The second-order valence-corrected chi connectivity index (χ2v) is 9.11. The average Bonchev–Trinajstić information content (AvgIpc) is 3.17. The maximum absolute atomic E-state index is 12.5. The molecule has 0 bridgehead atoms. The number of amides is 2. The summed E-state index contributed by atoms with van der Waals surface area (Å²) in [6.07, 6.45) is 10.9. The lowest BCUT2D eigenvalue weighted by molar-refractivity contribution is -0.115. The molecule has 2 aliphatic rings. The summed E-state index contributed by atoms with van der Waals surface area (Å²) < 4.78 is 5.44. The standard InChI is InChI=1S/C24H32N4O3/c1-17-9-7-5-6-8-10-18(17)15-22(29)25-21-12-11-20(26-27-21)19-13-14-28(16-19)23(30)31-24(2,3)4/h5-6,8,10-12,19H,7,9,13-16H2,1-4H3,(H,25,27,29). The van der Waals surface area contributed by atoms with E-state index in [1.807, 2.05) is 45.1 Å². The van der Waals surface area contributed by atoms with Crippen LogP contribution in [0.15, 0.2) is 47.6 Å². The lowest BCUT2D eigenvalue weighted by Gasteiger charge is -2.24. The molecule has 2 amide bonds. The van der Waals surface area contributed by atoms with Gasteiger partial charge in [0.2, 0.25) is 5.91 Å². The van der Waals surface area contributed by atoms with Gasteiger partial charge in [0.1, 0.15) is 5.60 Å². The van der Waals surface area contributed by atoms with Crippen LogP contribution in [0.4, 0.5) is 10.6 Å². The Kier molecular flexibility index (Phi) is 7.25. The van der Waals surface area contributed by atoms with Crippen LogP contribution in [-0.2, 0) is 9.53 Å². The number of allylic oxidation sites excluding steroid dienone is 5. The molecule has 31 heavy (non-hydrogen) atoms. The van der Waals surface area contributed by atoms with Crippen LogP contribution in [0.5, 0.6) is 0 Å². The Morgan fingerprint density at radius 3 is 2.74 bits per heavy atom. The smallest absolute Gasteiger partial charge is 0.410 e. The molecule has 0 aromatic carbocycles. The number of aromatic nitrogens is 2. The summed E-state index contributed by atoms with van der Waals surface area (Å²) in [4.78, 5) is 26.4. The Bertz CT molecular complexity index is 894. The molecule has 1 fully saturated rings. The van der Waals surface area contributed by atoms with Crippen LogP contribution >= 0.6 is 0 Å². The number of likely N-dealkylation sites (tertiary alicyclic amines) is 1. The van der Waals surface area contributed by atoms with Crippen LogP contribution in [0.3, 0.4) is 0 Å². The van der Waals surface area contributed by atoms with Gasteiger partial charge in [-0.3, -0.25) is 4.79 Å². The van der Waals surface area contributed by atoms with Crippen molar-refractivity contribution in [3.63, 3.8) is 0 Å². The van der Waals surface area contributed by atoms with E-state index in [1.54, 1.807) is 11.0 Å². The van der Waals surface area contributed by atoms with Gasteiger partial charge in [-0.05, 0) is 64.7 Å². The highest BCUT2D eigenvalue weighted by Gasteiger charge is 2.31. The lowest BCUT2D eigenvalue weighted by atomic mass is 9.99. The van der Waals surface area contributed by atoms with E-state index in [2.05, 4.69) is 28.5 Å². The maximum Gasteiger partial charge on any atom is 0.410 e.